The fourth-order valence-electron chi connectivity index (χ4n) is 2.87. The van der Waals surface area contributed by atoms with Gasteiger partial charge in [0.15, 0.2) is 0 Å². The lowest BCUT2D eigenvalue weighted by molar-refractivity contribution is -0.111. The highest BCUT2D eigenvalue weighted by Gasteiger charge is 2.15. The Bertz CT molecular complexity index is 1120. The molecule has 0 saturated carbocycles. The number of rotatable bonds is 7. The smallest absolute Gasteiger partial charge is 0.407 e. The number of benzene rings is 2. The van der Waals surface area contributed by atoms with Gasteiger partial charge in [0.1, 0.15) is 11.3 Å². The maximum Gasteiger partial charge on any atom is 0.407 e. The van der Waals surface area contributed by atoms with Gasteiger partial charge in [-0.15, -0.1) is 0 Å². The van der Waals surface area contributed by atoms with Crippen LogP contribution in [-0.4, -0.2) is 38.6 Å². The number of nitrogens with zero attached hydrogens (tertiary/aromatic N) is 1. The highest BCUT2D eigenvalue weighted by atomic mass is 32.1. The zero-order valence-corrected chi connectivity index (χ0v) is 16.2. The van der Waals surface area contributed by atoms with E-state index in [4.69, 9.17) is 0 Å². The number of phenolic OH excluding ortho intramolecular Hbond substituents is 1. The molecule has 0 unspecified atom stereocenters. The highest BCUT2D eigenvalue weighted by Crippen LogP contribution is 2.28. The van der Waals surface area contributed by atoms with Crippen LogP contribution < -0.4 is 10.2 Å². The van der Waals surface area contributed by atoms with Gasteiger partial charge in [-0.05, 0) is 41.8 Å². The van der Waals surface area contributed by atoms with Crippen LogP contribution in [0.1, 0.15) is 11.1 Å². The molecule has 2 amide bonds. The van der Waals surface area contributed by atoms with Crippen LogP contribution in [0.4, 0.5) is 10.5 Å². The van der Waals surface area contributed by atoms with E-state index < -0.39 is 6.09 Å². The van der Waals surface area contributed by atoms with E-state index >= 15 is 0 Å². The molecule has 0 atom stereocenters. The molecule has 150 valence electrons. The van der Waals surface area contributed by atoms with E-state index in [1.54, 1.807) is 30.3 Å². The molecule has 2 aromatic carbocycles. The standard InChI is InChI=1S/C20H19N3O5S/c1-2-16(25)21-14-6-3-12(4-7-14)11-23(20(27)28)10-9-13-5-8-15(24)17-18(13)29-19(26)22-17/h2-8,24H,1,9-11H2,(H,21,25)(H,22,26)(H,27,28). The first-order valence-electron chi connectivity index (χ1n) is 8.71. The minimum atomic E-state index is -1.06. The third kappa shape index (κ3) is 4.82. The molecule has 0 spiro atoms. The van der Waals surface area contributed by atoms with Crippen molar-refractivity contribution in [2.45, 2.75) is 13.0 Å². The van der Waals surface area contributed by atoms with Crippen molar-refractivity contribution in [2.24, 2.45) is 0 Å². The number of anilines is 1. The van der Waals surface area contributed by atoms with Crippen LogP contribution in [0, 0.1) is 0 Å². The lowest BCUT2D eigenvalue weighted by Crippen LogP contribution is -2.31. The first-order valence-corrected chi connectivity index (χ1v) is 9.53. The second-order valence-electron chi connectivity index (χ2n) is 6.31. The van der Waals surface area contributed by atoms with Gasteiger partial charge < -0.3 is 25.4 Å². The van der Waals surface area contributed by atoms with Crippen molar-refractivity contribution in [3.63, 3.8) is 0 Å². The zero-order valence-electron chi connectivity index (χ0n) is 15.3. The fourth-order valence-corrected chi connectivity index (χ4v) is 3.77. The Hall–Kier alpha value is -3.59. The molecule has 9 heteroatoms. The number of aromatic nitrogens is 1. The molecule has 3 aromatic rings. The van der Waals surface area contributed by atoms with Gasteiger partial charge in [-0.25, -0.2) is 4.79 Å². The molecule has 0 aliphatic rings. The lowest BCUT2D eigenvalue weighted by atomic mass is 10.1. The van der Waals surface area contributed by atoms with Crippen molar-refractivity contribution in [3.05, 3.63) is 69.8 Å². The first kappa shape index (κ1) is 20.2. The van der Waals surface area contributed by atoms with Gasteiger partial charge in [0.05, 0.1) is 4.70 Å². The van der Waals surface area contributed by atoms with Crippen LogP contribution >= 0.6 is 11.3 Å². The van der Waals surface area contributed by atoms with Crippen molar-refractivity contribution >= 4 is 39.2 Å². The number of phenols is 1. The van der Waals surface area contributed by atoms with Gasteiger partial charge >= 0.3 is 11.0 Å². The summed E-state index contributed by atoms with van der Waals surface area (Å²) in [5.41, 5.74) is 2.52. The fraction of sp³-hybridized carbons (Fsp3) is 0.150. The van der Waals surface area contributed by atoms with Crippen LogP contribution in [0.3, 0.4) is 0 Å². The summed E-state index contributed by atoms with van der Waals surface area (Å²) in [5, 5.41) is 22.0. The summed E-state index contributed by atoms with van der Waals surface area (Å²) in [6.07, 6.45) is 0.498. The highest BCUT2D eigenvalue weighted by molar-refractivity contribution is 7.16. The molecule has 0 aliphatic heterocycles. The molecule has 0 bridgehead atoms. The molecule has 0 aliphatic carbocycles. The SMILES string of the molecule is C=CC(=O)Nc1ccc(CN(CCc2ccc(O)c3[nH]c(=O)sc23)C(=O)O)cc1. The number of carbonyl (C=O) groups is 2. The normalized spacial score (nSPS) is 10.6. The zero-order chi connectivity index (χ0) is 21.0. The molecule has 0 radical (unpaired) electrons. The maximum absolute atomic E-state index is 11.7. The van der Waals surface area contributed by atoms with E-state index in [0.717, 1.165) is 22.5 Å². The predicted octanol–water partition coefficient (Wildman–Crippen LogP) is 3.14. The average molecular weight is 413 g/mol. The summed E-state index contributed by atoms with van der Waals surface area (Å²) in [4.78, 5) is 38.2. The van der Waals surface area contributed by atoms with E-state index in [1.165, 1.54) is 17.0 Å². The molecule has 8 nitrogen and oxygen atoms in total. The third-order valence-electron chi connectivity index (χ3n) is 4.34. The van der Waals surface area contributed by atoms with Gasteiger partial charge in [0, 0.05) is 18.8 Å². The van der Waals surface area contributed by atoms with Gasteiger partial charge in [0.2, 0.25) is 5.91 Å². The van der Waals surface area contributed by atoms with E-state index in [2.05, 4.69) is 16.9 Å². The van der Waals surface area contributed by atoms with Gasteiger partial charge in [-0.1, -0.05) is 36.1 Å². The summed E-state index contributed by atoms with van der Waals surface area (Å²) in [7, 11) is 0. The summed E-state index contributed by atoms with van der Waals surface area (Å²) in [5.74, 6) is -0.335. The van der Waals surface area contributed by atoms with Crippen LogP contribution in [0.2, 0.25) is 0 Å². The number of thiazole rings is 1. The van der Waals surface area contributed by atoms with E-state index in [9.17, 15) is 24.6 Å². The average Bonchev–Trinajstić information content (AvgIpc) is 3.10. The number of H-pyrrole nitrogens is 1. The number of carbonyl (C=O) groups excluding carboxylic acids is 1. The number of hydrogen-bond acceptors (Lipinski definition) is 5. The Morgan fingerprint density at radius 1 is 1.21 bits per heavy atom. The van der Waals surface area contributed by atoms with Crippen LogP contribution in [-0.2, 0) is 17.8 Å². The Labute approximate surface area is 169 Å². The van der Waals surface area contributed by atoms with Crippen molar-refractivity contribution in [3.8, 4) is 5.75 Å². The predicted molar refractivity (Wildman–Crippen MR) is 112 cm³/mol. The third-order valence-corrected chi connectivity index (χ3v) is 5.30. The quantitative estimate of drug-likeness (QED) is 0.443. The number of aromatic hydroxyl groups is 1. The molecule has 1 aromatic heterocycles. The van der Waals surface area contributed by atoms with E-state index in [0.29, 0.717) is 22.3 Å². The van der Waals surface area contributed by atoms with Crippen LogP contribution in [0.15, 0.2) is 53.8 Å². The molecule has 0 fully saturated rings. The Morgan fingerprint density at radius 2 is 1.93 bits per heavy atom. The number of carboxylic acid groups (broad SMARTS) is 1. The molecule has 4 N–H and O–H groups in total. The Morgan fingerprint density at radius 3 is 2.59 bits per heavy atom. The lowest BCUT2D eigenvalue weighted by Gasteiger charge is -2.19. The molecule has 3 rings (SSSR count). The van der Waals surface area contributed by atoms with Crippen molar-refractivity contribution in [1.29, 1.82) is 0 Å². The van der Waals surface area contributed by atoms with E-state index in [-0.39, 0.29) is 29.6 Å². The van der Waals surface area contributed by atoms with Crippen molar-refractivity contribution in [1.82, 2.24) is 9.88 Å². The summed E-state index contributed by atoms with van der Waals surface area (Å²) >= 11 is 0.987. The summed E-state index contributed by atoms with van der Waals surface area (Å²) in [6, 6.07) is 10.0. The summed E-state index contributed by atoms with van der Waals surface area (Å²) in [6.45, 7) is 3.78. The number of aromatic amines is 1. The second kappa shape index (κ2) is 8.61. The molecule has 1 heterocycles. The minimum absolute atomic E-state index is 0.0131. The van der Waals surface area contributed by atoms with Gasteiger partial charge in [-0.3, -0.25) is 9.59 Å². The Kier molecular flexibility index (Phi) is 5.99. The first-order chi connectivity index (χ1) is 13.9. The molecule has 29 heavy (non-hydrogen) atoms. The van der Waals surface area contributed by atoms with Crippen LogP contribution in [0.25, 0.3) is 10.2 Å². The topological polar surface area (TPSA) is 123 Å². The molecule has 0 saturated heterocycles. The molecular weight excluding hydrogens is 394 g/mol. The number of fused-ring (bicyclic) bond motifs is 1. The van der Waals surface area contributed by atoms with E-state index in [1.807, 2.05) is 0 Å². The number of nitrogens with one attached hydrogen (secondary N) is 2. The van der Waals surface area contributed by atoms with Gasteiger partial charge in [-0.2, -0.15) is 0 Å². The number of amides is 2. The Balaban J connectivity index is 1.71. The second-order valence-corrected chi connectivity index (χ2v) is 7.29. The minimum Gasteiger partial charge on any atom is -0.506 e. The largest absolute Gasteiger partial charge is 0.506 e. The number of hydrogen-bond donors (Lipinski definition) is 4. The summed E-state index contributed by atoms with van der Waals surface area (Å²) < 4.78 is 0.627. The van der Waals surface area contributed by atoms with Crippen LogP contribution in [0.5, 0.6) is 5.75 Å². The van der Waals surface area contributed by atoms with Gasteiger partial charge in [0.25, 0.3) is 0 Å². The van der Waals surface area contributed by atoms with Crippen molar-refractivity contribution < 1.29 is 19.8 Å². The maximum atomic E-state index is 11.7. The molecular formula is C20H19N3O5S. The monoisotopic (exact) mass is 413 g/mol. The van der Waals surface area contributed by atoms with Crippen molar-refractivity contribution in [2.75, 3.05) is 11.9 Å².